The first kappa shape index (κ1) is 18.2. The van der Waals surface area contributed by atoms with E-state index in [2.05, 4.69) is 10.6 Å². The van der Waals surface area contributed by atoms with Gasteiger partial charge in [0.1, 0.15) is 0 Å². The van der Waals surface area contributed by atoms with Crippen LogP contribution in [0.1, 0.15) is 42.3 Å². The molecule has 5 heteroatoms. The highest BCUT2D eigenvalue weighted by Crippen LogP contribution is 2.23. The van der Waals surface area contributed by atoms with Gasteiger partial charge in [-0.1, -0.05) is 26.8 Å². The molecule has 2 N–H and O–H groups in total. The maximum Gasteiger partial charge on any atom is 0.255 e. The van der Waals surface area contributed by atoms with Gasteiger partial charge in [-0.2, -0.15) is 5.26 Å². The van der Waals surface area contributed by atoms with Crippen LogP contribution in [0.25, 0.3) is 0 Å². The molecule has 2 amide bonds. The maximum atomic E-state index is 12.4. The Balaban J connectivity index is 2.18. The van der Waals surface area contributed by atoms with Crippen molar-refractivity contribution in [3.8, 4) is 6.07 Å². The molecule has 0 aliphatic rings. The number of anilines is 2. The first-order valence-electron chi connectivity index (χ1n) is 7.94. The summed E-state index contributed by atoms with van der Waals surface area (Å²) in [4.78, 5) is 24.5. The highest BCUT2D eigenvalue weighted by Gasteiger charge is 2.21. The van der Waals surface area contributed by atoms with Crippen molar-refractivity contribution in [2.45, 2.75) is 27.7 Å². The van der Waals surface area contributed by atoms with E-state index in [1.54, 1.807) is 36.4 Å². The number of carbonyl (C=O) groups excluding carboxylic acids is 2. The van der Waals surface area contributed by atoms with Gasteiger partial charge in [0.15, 0.2) is 0 Å². The van der Waals surface area contributed by atoms with Crippen molar-refractivity contribution in [2.24, 2.45) is 5.41 Å². The summed E-state index contributed by atoms with van der Waals surface area (Å²) in [6.07, 6.45) is 0. The van der Waals surface area contributed by atoms with Gasteiger partial charge < -0.3 is 10.6 Å². The minimum Gasteiger partial charge on any atom is -0.326 e. The third-order valence-electron chi connectivity index (χ3n) is 3.70. The summed E-state index contributed by atoms with van der Waals surface area (Å²) >= 11 is 0. The Labute approximate surface area is 147 Å². The predicted molar refractivity (Wildman–Crippen MR) is 98.4 cm³/mol. The number of nitrogens with zero attached hydrogens (tertiary/aromatic N) is 1. The fraction of sp³-hybridized carbons (Fsp3) is 0.250. The molecule has 0 atom stereocenters. The SMILES string of the molecule is Cc1ccc(NC(=O)C(C)(C)C)cc1NC(=O)c1ccc(C#N)cc1. The highest BCUT2D eigenvalue weighted by molar-refractivity contribution is 6.05. The van der Waals surface area contributed by atoms with Crippen molar-refractivity contribution in [1.29, 1.82) is 5.26 Å². The molecule has 0 radical (unpaired) electrons. The molecule has 5 nitrogen and oxygen atoms in total. The van der Waals surface area contributed by atoms with Gasteiger partial charge in [0.25, 0.3) is 5.91 Å². The standard InChI is InChI=1S/C20H21N3O2/c1-13-5-10-16(22-19(25)20(2,3)4)11-17(13)23-18(24)15-8-6-14(12-21)7-9-15/h5-11H,1-4H3,(H,22,25)(H,23,24). The van der Waals surface area contributed by atoms with Gasteiger partial charge in [0, 0.05) is 22.4 Å². The Hall–Kier alpha value is -3.13. The molecular formula is C20H21N3O2. The third kappa shape index (κ3) is 4.67. The van der Waals surface area contributed by atoms with E-state index in [1.807, 2.05) is 39.8 Å². The van der Waals surface area contributed by atoms with Crippen LogP contribution in [0.5, 0.6) is 0 Å². The number of aryl methyl sites for hydroxylation is 1. The minimum atomic E-state index is -0.503. The summed E-state index contributed by atoms with van der Waals surface area (Å²) in [6.45, 7) is 7.39. The summed E-state index contributed by atoms with van der Waals surface area (Å²) in [5, 5.41) is 14.5. The van der Waals surface area contributed by atoms with E-state index in [0.717, 1.165) is 5.56 Å². The first-order valence-corrected chi connectivity index (χ1v) is 7.94. The number of carbonyl (C=O) groups is 2. The molecule has 0 fully saturated rings. The lowest BCUT2D eigenvalue weighted by Gasteiger charge is -2.18. The summed E-state index contributed by atoms with van der Waals surface area (Å²) in [5.41, 5.74) is 2.59. The number of nitriles is 1. The monoisotopic (exact) mass is 335 g/mol. The van der Waals surface area contributed by atoms with Gasteiger partial charge in [-0.25, -0.2) is 0 Å². The van der Waals surface area contributed by atoms with E-state index in [-0.39, 0.29) is 11.8 Å². The van der Waals surface area contributed by atoms with Crippen LogP contribution < -0.4 is 10.6 Å². The minimum absolute atomic E-state index is 0.0966. The zero-order valence-electron chi connectivity index (χ0n) is 14.8. The van der Waals surface area contributed by atoms with E-state index < -0.39 is 5.41 Å². The Bertz CT molecular complexity index is 841. The number of hydrogen-bond donors (Lipinski definition) is 2. The summed E-state index contributed by atoms with van der Waals surface area (Å²) in [5.74, 6) is -0.368. The molecule has 0 bridgehead atoms. The molecule has 0 saturated heterocycles. The van der Waals surface area contributed by atoms with Gasteiger partial charge in [-0.15, -0.1) is 0 Å². The van der Waals surface area contributed by atoms with Gasteiger partial charge in [-0.3, -0.25) is 9.59 Å². The van der Waals surface area contributed by atoms with Gasteiger partial charge >= 0.3 is 0 Å². The maximum absolute atomic E-state index is 12.4. The Morgan fingerprint density at radius 3 is 2.20 bits per heavy atom. The zero-order valence-corrected chi connectivity index (χ0v) is 14.8. The summed E-state index contributed by atoms with van der Waals surface area (Å²) in [6, 6.07) is 13.8. The van der Waals surface area contributed by atoms with Crippen LogP contribution in [0.4, 0.5) is 11.4 Å². The van der Waals surface area contributed by atoms with E-state index in [0.29, 0.717) is 22.5 Å². The van der Waals surface area contributed by atoms with Crippen molar-refractivity contribution in [3.63, 3.8) is 0 Å². The molecular weight excluding hydrogens is 314 g/mol. The second-order valence-electron chi connectivity index (χ2n) is 6.88. The van der Waals surface area contributed by atoms with Crippen molar-refractivity contribution >= 4 is 23.2 Å². The topological polar surface area (TPSA) is 82.0 Å². The fourth-order valence-corrected chi connectivity index (χ4v) is 2.04. The Kier molecular flexibility index (Phi) is 5.23. The molecule has 0 saturated carbocycles. The van der Waals surface area contributed by atoms with Crippen molar-refractivity contribution in [1.82, 2.24) is 0 Å². The second kappa shape index (κ2) is 7.18. The molecule has 0 aliphatic heterocycles. The van der Waals surface area contributed by atoms with Crippen molar-refractivity contribution in [3.05, 3.63) is 59.2 Å². The fourth-order valence-electron chi connectivity index (χ4n) is 2.04. The van der Waals surface area contributed by atoms with Crippen LogP contribution in [-0.4, -0.2) is 11.8 Å². The van der Waals surface area contributed by atoms with E-state index >= 15 is 0 Å². The normalized spacial score (nSPS) is 10.7. The number of hydrogen-bond acceptors (Lipinski definition) is 3. The number of benzene rings is 2. The van der Waals surface area contributed by atoms with Gasteiger partial charge in [-0.05, 0) is 48.9 Å². The van der Waals surface area contributed by atoms with Crippen LogP contribution in [0.3, 0.4) is 0 Å². The average Bonchev–Trinajstić information content (AvgIpc) is 2.57. The van der Waals surface area contributed by atoms with E-state index in [4.69, 9.17) is 5.26 Å². The molecule has 0 aromatic heterocycles. The quantitative estimate of drug-likeness (QED) is 0.886. The second-order valence-corrected chi connectivity index (χ2v) is 6.88. The average molecular weight is 335 g/mol. The van der Waals surface area contributed by atoms with E-state index in [9.17, 15) is 9.59 Å². The molecule has 25 heavy (non-hydrogen) atoms. The molecule has 128 valence electrons. The van der Waals surface area contributed by atoms with Gasteiger partial charge in [0.05, 0.1) is 11.6 Å². The summed E-state index contributed by atoms with van der Waals surface area (Å²) < 4.78 is 0. The lowest BCUT2D eigenvalue weighted by molar-refractivity contribution is -0.123. The molecule has 0 heterocycles. The highest BCUT2D eigenvalue weighted by atomic mass is 16.2. The van der Waals surface area contributed by atoms with Crippen LogP contribution in [0.15, 0.2) is 42.5 Å². The summed E-state index contributed by atoms with van der Waals surface area (Å²) in [7, 11) is 0. The lowest BCUT2D eigenvalue weighted by atomic mass is 9.95. The zero-order chi connectivity index (χ0) is 18.6. The third-order valence-corrected chi connectivity index (χ3v) is 3.70. The first-order chi connectivity index (χ1) is 11.7. The number of rotatable bonds is 3. The Morgan fingerprint density at radius 2 is 1.64 bits per heavy atom. The molecule has 2 aromatic rings. The smallest absolute Gasteiger partial charge is 0.255 e. The number of nitrogens with one attached hydrogen (secondary N) is 2. The van der Waals surface area contributed by atoms with Crippen molar-refractivity contribution in [2.75, 3.05) is 10.6 Å². The van der Waals surface area contributed by atoms with E-state index in [1.165, 1.54) is 0 Å². The molecule has 0 aliphatic carbocycles. The largest absolute Gasteiger partial charge is 0.326 e. The Morgan fingerprint density at radius 1 is 1.00 bits per heavy atom. The molecule has 2 rings (SSSR count). The van der Waals surface area contributed by atoms with Gasteiger partial charge in [0.2, 0.25) is 5.91 Å². The van der Waals surface area contributed by atoms with Crippen molar-refractivity contribution < 1.29 is 9.59 Å². The lowest BCUT2D eigenvalue weighted by Crippen LogP contribution is -2.27. The molecule has 0 spiro atoms. The van der Waals surface area contributed by atoms with Crippen LogP contribution in [0, 0.1) is 23.7 Å². The molecule has 0 unspecified atom stereocenters. The van der Waals surface area contributed by atoms with Crippen LogP contribution in [-0.2, 0) is 4.79 Å². The van der Waals surface area contributed by atoms with Crippen LogP contribution in [0.2, 0.25) is 0 Å². The molecule has 2 aromatic carbocycles. The van der Waals surface area contributed by atoms with Crippen LogP contribution >= 0.6 is 0 Å². The number of amides is 2. The predicted octanol–water partition coefficient (Wildman–Crippen LogP) is 4.10.